The second-order valence-corrected chi connectivity index (χ2v) is 4.52. The number of aromatic nitrogens is 1. The molecule has 1 heterocycles. The summed E-state index contributed by atoms with van der Waals surface area (Å²) >= 11 is 5.73. The van der Waals surface area contributed by atoms with Gasteiger partial charge >= 0.3 is 11.7 Å². The summed E-state index contributed by atoms with van der Waals surface area (Å²) in [6.07, 6.45) is 1.34. The number of benzene rings is 1. The Bertz CT molecular complexity index is 732. The highest BCUT2D eigenvalue weighted by Gasteiger charge is 2.22. The molecular formula is C13H9ClN2O5. The Morgan fingerprint density at radius 1 is 1.43 bits per heavy atom. The van der Waals surface area contributed by atoms with Crippen molar-refractivity contribution < 1.29 is 19.6 Å². The molecule has 0 amide bonds. The molecule has 1 aromatic heterocycles. The van der Waals surface area contributed by atoms with Crippen molar-refractivity contribution in [2.24, 2.45) is 0 Å². The van der Waals surface area contributed by atoms with E-state index in [4.69, 9.17) is 21.4 Å². The number of hydrogen-bond acceptors (Lipinski definition) is 5. The van der Waals surface area contributed by atoms with Crippen molar-refractivity contribution in [1.82, 2.24) is 4.98 Å². The van der Waals surface area contributed by atoms with Crippen LogP contribution in [0.25, 0.3) is 0 Å². The summed E-state index contributed by atoms with van der Waals surface area (Å²) < 4.78 is 5.31. The van der Waals surface area contributed by atoms with Crippen LogP contribution in [-0.2, 0) is 0 Å². The van der Waals surface area contributed by atoms with E-state index < -0.39 is 10.9 Å². The lowest BCUT2D eigenvalue weighted by Crippen LogP contribution is -2.03. The maximum absolute atomic E-state index is 11.2. The van der Waals surface area contributed by atoms with E-state index >= 15 is 0 Å². The summed E-state index contributed by atoms with van der Waals surface area (Å²) in [6.45, 7) is 1.53. The topological polar surface area (TPSA) is 103 Å². The fourth-order valence-corrected chi connectivity index (χ4v) is 1.86. The molecule has 2 rings (SSSR count). The number of rotatable bonds is 4. The van der Waals surface area contributed by atoms with Crippen LogP contribution in [0.1, 0.15) is 15.9 Å². The molecule has 0 saturated heterocycles. The zero-order valence-corrected chi connectivity index (χ0v) is 11.5. The highest BCUT2D eigenvalue weighted by atomic mass is 35.5. The van der Waals surface area contributed by atoms with Gasteiger partial charge in [-0.3, -0.25) is 10.1 Å². The fourth-order valence-electron chi connectivity index (χ4n) is 1.68. The van der Waals surface area contributed by atoms with Gasteiger partial charge in [-0.15, -0.1) is 0 Å². The number of carboxylic acids is 1. The number of carboxylic acid groups (broad SMARTS) is 1. The minimum absolute atomic E-state index is 0.0758. The van der Waals surface area contributed by atoms with E-state index in [0.29, 0.717) is 5.56 Å². The van der Waals surface area contributed by atoms with E-state index in [-0.39, 0.29) is 27.9 Å². The van der Waals surface area contributed by atoms with Crippen molar-refractivity contribution in [2.75, 3.05) is 0 Å². The number of carbonyl (C=O) groups is 1. The van der Waals surface area contributed by atoms with Crippen molar-refractivity contribution in [2.45, 2.75) is 6.92 Å². The predicted molar refractivity (Wildman–Crippen MR) is 74.1 cm³/mol. The van der Waals surface area contributed by atoms with E-state index in [1.807, 2.05) is 0 Å². The van der Waals surface area contributed by atoms with Crippen LogP contribution < -0.4 is 4.74 Å². The van der Waals surface area contributed by atoms with Crippen LogP contribution in [0.15, 0.2) is 30.5 Å². The number of aromatic carboxylic acids is 1. The van der Waals surface area contributed by atoms with Crippen LogP contribution in [0.3, 0.4) is 0 Å². The summed E-state index contributed by atoms with van der Waals surface area (Å²) in [5, 5.41) is 20.4. The molecule has 2 aromatic rings. The third-order valence-electron chi connectivity index (χ3n) is 2.65. The molecular weight excluding hydrogens is 300 g/mol. The van der Waals surface area contributed by atoms with Crippen LogP contribution in [0.4, 0.5) is 5.69 Å². The van der Waals surface area contributed by atoms with Gasteiger partial charge in [-0.25, -0.2) is 9.78 Å². The van der Waals surface area contributed by atoms with Gasteiger partial charge in [-0.2, -0.15) is 0 Å². The molecule has 0 spiro atoms. The summed E-state index contributed by atoms with van der Waals surface area (Å²) in [4.78, 5) is 25.4. The summed E-state index contributed by atoms with van der Waals surface area (Å²) in [5.74, 6) is -1.61. The zero-order chi connectivity index (χ0) is 15.6. The van der Waals surface area contributed by atoms with E-state index in [0.717, 1.165) is 0 Å². The Morgan fingerprint density at radius 3 is 2.76 bits per heavy atom. The van der Waals surface area contributed by atoms with Crippen molar-refractivity contribution in [3.05, 3.63) is 56.7 Å². The minimum Gasteiger partial charge on any atom is -0.478 e. The third kappa shape index (κ3) is 3.09. The monoisotopic (exact) mass is 308 g/mol. The molecule has 0 radical (unpaired) electrons. The van der Waals surface area contributed by atoms with Crippen molar-refractivity contribution in [3.8, 4) is 11.6 Å². The van der Waals surface area contributed by atoms with Gasteiger partial charge in [-0.1, -0.05) is 11.6 Å². The van der Waals surface area contributed by atoms with E-state index in [9.17, 15) is 14.9 Å². The summed E-state index contributed by atoms with van der Waals surface area (Å²) in [5.41, 5.74) is -0.167. The number of nitro groups is 1. The van der Waals surface area contributed by atoms with Gasteiger partial charge in [0.15, 0.2) is 0 Å². The molecule has 8 heteroatoms. The number of halogens is 1. The molecule has 0 bridgehead atoms. The largest absolute Gasteiger partial charge is 0.478 e. The Balaban J connectivity index is 2.51. The first kappa shape index (κ1) is 14.7. The normalized spacial score (nSPS) is 10.2. The van der Waals surface area contributed by atoms with Gasteiger partial charge in [0.1, 0.15) is 11.3 Å². The van der Waals surface area contributed by atoms with Crippen molar-refractivity contribution in [3.63, 3.8) is 0 Å². The lowest BCUT2D eigenvalue weighted by molar-refractivity contribution is -0.386. The predicted octanol–water partition coefficient (Wildman–Crippen LogP) is 3.44. The van der Waals surface area contributed by atoms with Gasteiger partial charge in [0.05, 0.1) is 4.92 Å². The first-order valence-corrected chi connectivity index (χ1v) is 6.08. The van der Waals surface area contributed by atoms with E-state index in [1.165, 1.54) is 37.4 Å². The first-order chi connectivity index (χ1) is 9.90. The maximum atomic E-state index is 11.2. The van der Waals surface area contributed by atoms with Crippen molar-refractivity contribution >= 4 is 23.3 Å². The number of pyridine rings is 1. The molecule has 7 nitrogen and oxygen atoms in total. The lowest BCUT2D eigenvalue weighted by Gasteiger charge is -2.09. The molecule has 21 heavy (non-hydrogen) atoms. The second kappa shape index (κ2) is 5.76. The Labute approximate surface area is 123 Å². The smallest absolute Gasteiger partial charge is 0.339 e. The highest BCUT2D eigenvalue weighted by Crippen LogP contribution is 2.34. The van der Waals surface area contributed by atoms with Gasteiger partial charge in [0, 0.05) is 16.8 Å². The maximum Gasteiger partial charge on any atom is 0.339 e. The standard InChI is InChI=1S/C13H9ClN2O5/c1-7-4-5-15-12(11(7)16(19)20)21-10-3-2-8(14)6-9(10)13(17)18/h2-6H,1H3,(H,17,18). The quantitative estimate of drug-likeness (QED) is 0.685. The van der Waals surface area contributed by atoms with E-state index in [2.05, 4.69) is 4.98 Å². The van der Waals surface area contributed by atoms with Gasteiger partial charge in [0.2, 0.25) is 0 Å². The van der Waals surface area contributed by atoms with Gasteiger partial charge in [0.25, 0.3) is 5.88 Å². The molecule has 0 atom stereocenters. The molecule has 108 valence electrons. The Kier molecular flexibility index (Phi) is 4.04. The molecule has 1 aromatic carbocycles. The van der Waals surface area contributed by atoms with Crippen molar-refractivity contribution in [1.29, 1.82) is 0 Å². The lowest BCUT2D eigenvalue weighted by atomic mass is 10.2. The number of ether oxygens (including phenoxy) is 1. The molecule has 0 aliphatic rings. The Hall–Kier alpha value is -2.67. The molecule has 0 aliphatic carbocycles. The van der Waals surface area contributed by atoms with Crippen LogP contribution in [-0.4, -0.2) is 21.0 Å². The molecule has 0 unspecified atom stereocenters. The zero-order valence-electron chi connectivity index (χ0n) is 10.7. The molecule has 0 saturated carbocycles. The average Bonchev–Trinajstić information content (AvgIpc) is 2.40. The molecule has 0 aliphatic heterocycles. The molecule has 0 fully saturated rings. The summed E-state index contributed by atoms with van der Waals surface area (Å²) in [6, 6.07) is 5.40. The van der Waals surface area contributed by atoms with Crippen LogP contribution in [0, 0.1) is 17.0 Å². The highest BCUT2D eigenvalue weighted by molar-refractivity contribution is 6.31. The first-order valence-electron chi connectivity index (χ1n) is 5.71. The van der Waals surface area contributed by atoms with E-state index in [1.54, 1.807) is 0 Å². The number of hydrogen-bond donors (Lipinski definition) is 1. The second-order valence-electron chi connectivity index (χ2n) is 4.09. The van der Waals surface area contributed by atoms with Gasteiger partial charge < -0.3 is 9.84 Å². The summed E-state index contributed by atoms with van der Waals surface area (Å²) in [7, 11) is 0. The average molecular weight is 309 g/mol. The SMILES string of the molecule is Cc1ccnc(Oc2ccc(Cl)cc2C(=O)O)c1[N+](=O)[O-]. The van der Waals surface area contributed by atoms with Crippen LogP contribution >= 0.6 is 11.6 Å². The van der Waals surface area contributed by atoms with Crippen LogP contribution in [0.5, 0.6) is 11.6 Å². The molecule has 1 N–H and O–H groups in total. The fraction of sp³-hybridized carbons (Fsp3) is 0.0769. The van der Waals surface area contributed by atoms with Crippen LogP contribution in [0.2, 0.25) is 5.02 Å². The number of aryl methyl sites for hydroxylation is 1. The third-order valence-corrected chi connectivity index (χ3v) is 2.89. The Morgan fingerprint density at radius 2 is 2.14 bits per heavy atom. The van der Waals surface area contributed by atoms with Gasteiger partial charge in [-0.05, 0) is 31.2 Å². The minimum atomic E-state index is -1.26. The number of nitrogens with zero attached hydrogens (tertiary/aromatic N) is 2.